The first-order valence-electron chi connectivity index (χ1n) is 7.19. The molecule has 3 heterocycles. The van der Waals surface area contributed by atoms with Crippen molar-refractivity contribution in [3.8, 4) is 0 Å². The Hall–Kier alpha value is -2.31. The van der Waals surface area contributed by atoms with Crippen molar-refractivity contribution in [1.82, 2.24) is 19.9 Å². The van der Waals surface area contributed by atoms with Crippen molar-refractivity contribution >= 4 is 11.8 Å². The molecule has 1 N–H and O–H groups in total. The summed E-state index contributed by atoms with van der Waals surface area (Å²) in [6.45, 7) is 7.50. The summed E-state index contributed by atoms with van der Waals surface area (Å²) in [5.41, 5.74) is 1.96. The molecule has 0 aromatic carbocycles. The highest BCUT2D eigenvalue weighted by molar-refractivity contribution is 5.45. The van der Waals surface area contributed by atoms with E-state index in [1.165, 1.54) is 6.20 Å². The SMILES string of the molecule is CNc1nc(N2Cc3cnc(C(C)(C)C)nc3C2)ncc1F. The van der Waals surface area contributed by atoms with E-state index < -0.39 is 5.82 Å². The molecule has 1 aliphatic rings. The molecule has 6 nitrogen and oxygen atoms in total. The van der Waals surface area contributed by atoms with E-state index in [-0.39, 0.29) is 11.2 Å². The van der Waals surface area contributed by atoms with Gasteiger partial charge in [-0.3, -0.25) is 0 Å². The zero-order valence-electron chi connectivity index (χ0n) is 13.2. The van der Waals surface area contributed by atoms with Gasteiger partial charge in [-0.25, -0.2) is 19.3 Å². The third kappa shape index (κ3) is 2.58. The number of fused-ring (bicyclic) bond motifs is 1. The van der Waals surface area contributed by atoms with E-state index in [0.717, 1.165) is 17.1 Å². The van der Waals surface area contributed by atoms with Gasteiger partial charge in [0.05, 0.1) is 18.4 Å². The molecule has 7 heteroatoms. The van der Waals surface area contributed by atoms with Crippen LogP contribution < -0.4 is 10.2 Å². The predicted molar refractivity (Wildman–Crippen MR) is 82.2 cm³/mol. The van der Waals surface area contributed by atoms with Crippen LogP contribution in [0, 0.1) is 5.82 Å². The number of hydrogen-bond acceptors (Lipinski definition) is 6. The Kier molecular flexibility index (Phi) is 3.42. The van der Waals surface area contributed by atoms with Gasteiger partial charge in [0.1, 0.15) is 5.82 Å². The fourth-order valence-corrected chi connectivity index (χ4v) is 2.34. The van der Waals surface area contributed by atoms with Crippen molar-refractivity contribution in [2.75, 3.05) is 17.3 Å². The van der Waals surface area contributed by atoms with E-state index in [1.54, 1.807) is 7.05 Å². The molecule has 0 amide bonds. The number of rotatable bonds is 2. The average molecular weight is 302 g/mol. The summed E-state index contributed by atoms with van der Waals surface area (Å²) in [7, 11) is 1.63. The Morgan fingerprint density at radius 1 is 1.14 bits per heavy atom. The van der Waals surface area contributed by atoms with Gasteiger partial charge in [0.25, 0.3) is 0 Å². The molecule has 0 fully saturated rings. The van der Waals surface area contributed by atoms with Crippen molar-refractivity contribution in [2.24, 2.45) is 0 Å². The summed E-state index contributed by atoms with van der Waals surface area (Å²) in [6.07, 6.45) is 3.05. The summed E-state index contributed by atoms with van der Waals surface area (Å²) in [4.78, 5) is 19.4. The number of aromatic nitrogens is 4. The van der Waals surface area contributed by atoms with Gasteiger partial charge >= 0.3 is 0 Å². The van der Waals surface area contributed by atoms with Crippen LogP contribution in [0.1, 0.15) is 37.9 Å². The quantitative estimate of drug-likeness (QED) is 0.918. The predicted octanol–water partition coefficient (Wildman–Crippen LogP) is 2.27. The summed E-state index contributed by atoms with van der Waals surface area (Å²) in [5.74, 6) is 1.05. The van der Waals surface area contributed by atoms with Gasteiger partial charge in [-0.05, 0) is 0 Å². The average Bonchev–Trinajstić information content (AvgIpc) is 2.89. The van der Waals surface area contributed by atoms with Crippen molar-refractivity contribution in [3.63, 3.8) is 0 Å². The highest BCUT2D eigenvalue weighted by atomic mass is 19.1. The van der Waals surface area contributed by atoms with Gasteiger partial charge in [0, 0.05) is 30.8 Å². The zero-order valence-corrected chi connectivity index (χ0v) is 13.2. The first kappa shape index (κ1) is 14.6. The van der Waals surface area contributed by atoms with Gasteiger partial charge in [0.15, 0.2) is 11.6 Å². The van der Waals surface area contributed by atoms with E-state index in [9.17, 15) is 4.39 Å². The molecule has 3 rings (SSSR count). The Morgan fingerprint density at radius 2 is 1.91 bits per heavy atom. The largest absolute Gasteiger partial charge is 0.371 e. The zero-order chi connectivity index (χ0) is 15.9. The highest BCUT2D eigenvalue weighted by Gasteiger charge is 2.26. The Bertz CT molecular complexity index is 710. The summed E-state index contributed by atoms with van der Waals surface area (Å²) in [5, 5.41) is 2.73. The lowest BCUT2D eigenvalue weighted by Crippen LogP contribution is -2.19. The van der Waals surface area contributed by atoms with Crippen LogP contribution in [-0.2, 0) is 18.5 Å². The van der Waals surface area contributed by atoms with Gasteiger partial charge in [-0.15, -0.1) is 0 Å². The third-order valence-corrected chi connectivity index (χ3v) is 3.58. The number of hydrogen-bond donors (Lipinski definition) is 1. The molecule has 0 aliphatic carbocycles. The smallest absolute Gasteiger partial charge is 0.228 e. The second-order valence-corrected chi connectivity index (χ2v) is 6.39. The van der Waals surface area contributed by atoms with Gasteiger partial charge < -0.3 is 10.2 Å². The van der Waals surface area contributed by atoms with E-state index in [2.05, 4.69) is 46.0 Å². The molecule has 0 unspecified atom stereocenters. The van der Waals surface area contributed by atoms with Crippen LogP contribution in [0.25, 0.3) is 0 Å². The molecule has 2 aromatic rings. The lowest BCUT2D eigenvalue weighted by molar-refractivity contribution is 0.541. The van der Waals surface area contributed by atoms with Crippen LogP contribution in [0.15, 0.2) is 12.4 Å². The molecule has 0 spiro atoms. The summed E-state index contributed by atoms with van der Waals surface area (Å²) >= 11 is 0. The van der Waals surface area contributed by atoms with Crippen LogP contribution >= 0.6 is 0 Å². The van der Waals surface area contributed by atoms with Crippen molar-refractivity contribution < 1.29 is 4.39 Å². The molecule has 22 heavy (non-hydrogen) atoms. The Balaban J connectivity index is 1.88. The fraction of sp³-hybridized carbons (Fsp3) is 0.467. The van der Waals surface area contributed by atoms with Crippen molar-refractivity contribution in [3.05, 3.63) is 35.3 Å². The molecular weight excluding hydrogens is 283 g/mol. The summed E-state index contributed by atoms with van der Waals surface area (Å²) in [6, 6.07) is 0. The minimum absolute atomic E-state index is 0.0892. The maximum atomic E-state index is 13.5. The normalized spacial score (nSPS) is 14.1. The molecule has 0 saturated carbocycles. The van der Waals surface area contributed by atoms with Crippen molar-refractivity contribution in [2.45, 2.75) is 39.3 Å². The second kappa shape index (κ2) is 5.15. The highest BCUT2D eigenvalue weighted by Crippen LogP contribution is 2.27. The van der Waals surface area contributed by atoms with Gasteiger partial charge in [-0.1, -0.05) is 20.8 Å². The van der Waals surface area contributed by atoms with Crippen LogP contribution in [0.3, 0.4) is 0 Å². The minimum atomic E-state index is -0.460. The maximum Gasteiger partial charge on any atom is 0.228 e. The molecule has 0 atom stereocenters. The molecule has 0 saturated heterocycles. The molecule has 1 aliphatic heterocycles. The molecule has 0 radical (unpaired) electrons. The van der Waals surface area contributed by atoms with E-state index in [0.29, 0.717) is 19.0 Å². The van der Waals surface area contributed by atoms with E-state index in [4.69, 9.17) is 0 Å². The first-order valence-corrected chi connectivity index (χ1v) is 7.19. The first-order chi connectivity index (χ1) is 10.4. The Morgan fingerprint density at radius 3 is 2.59 bits per heavy atom. The molecule has 0 bridgehead atoms. The lowest BCUT2D eigenvalue weighted by atomic mass is 9.95. The molecule has 2 aromatic heterocycles. The standard InChI is InChI=1S/C15H19FN6/c1-15(2,3)13-18-5-9-7-22(8-11(9)20-13)14-19-6-10(16)12(17-4)21-14/h5-6H,7-8H2,1-4H3,(H,17,19,21). The van der Waals surface area contributed by atoms with Crippen LogP contribution in [-0.4, -0.2) is 27.0 Å². The number of nitrogens with zero attached hydrogens (tertiary/aromatic N) is 5. The van der Waals surface area contributed by atoms with E-state index >= 15 is 0 Å². The monoisotopic (exact) mass is 302 g/mol. The number of nitrogens with one attached hydrogen (secondary N) is 1. The number of halogens is 1. The third-order valence-electron chi connectivity index (χ3n) is 3.58. The van der Waals surface area contributed by atoms with Crippen LogP contribution in [0.4, 0.5) is 16.2 Å². The maximum absolute atomic E-state index is 13.5. The minimum Gasteiger partial charge on any atom is -0.371 e. The molecule has 116 valence electrons. The summed E-state index contributed by atoms with van der Waals surface area (Å²) < 4.78 is 13.5. The topological polar surface area (TPSA) is 66.8 Å². The fourth-order valence-electron chi connectivity index (χ4n) is 2.34. The van der Waals surface area contributed by atoms with Crippen LogP contribution in [0.5, 0.6) is 0 Å². The molecular formula is C15H19FN6. The van der Waals surface area contributed by atoms with E-state index in [1.807, 2.05) is 11.1 Å². The van der Waals surface area contributed by atoms with Crippen molar-refractivity contribution in [1.29, 1.82) is 0 Å². The second-order valence-electron chi connectivity index (χ2n) is 6.39. The Labute approximate surface area is 128 Å². The van der Waals surface area contributed by atoms with Crippen LogP contribution in [0.2, 0.25) is 0 Å². The lowest BCUT2D eigenvalue weighted by Gasteiger charge is -2.16. The van der Waals surface area contributed by atoms with Gasteiger partial charge in [-0.2, -0.15) is 4.98 Å². The van der Waals surface area contributed by atoms with Gasteiger partial charge in [0.2, 0.25) is 5.95 Å². The number of anilines is 2.